The Morgan fingerprint density at radius 3 is 2.62 bits per heavy atom. The molecule has 2 heterocycles. The lowest BCUT2D eigenvalue weighted by Crippen LogP contribution is -2.28. The molecule has 1 unspecified atom stereocenters. The first-order valence-corrected chi connectivity index (χ1v) is 10.9. The van der Waals surface area contributed by atoms with Crippen LogP contribution < -0.4 is 10.4 Å². The molecule has 0 saturated carbocycles. The summed E-state index contributed by atoms with van der Waals surface area (Å²) in [5, 5.41) is 10.2. The van der Waals surface area contributed by atoms with Crippen LogP contribution in [-0.4, -0.2) is 32.8 Å². The number of hydrogen-bond donors (Lipinski definition) is 2. The van der Waals surface area contributed by atoms with E-state index in [0.717, 1.165) is 46.4 Å². The third-order valence-electron chi connectivity index (χ3n) is 6.04. The number of rotatable bonds is 4. The number of aryl methyl sites for hydroxylation is 4. The van der Waals surface area contributed by atoms with Crippen molar-refractivity contribution in [3.63, 3.8) is 0 Å². The fourth-order valence-corrected chi connectivity index (χ4v) is 4.67. The quantitative estimate of drug-likeness (QED) is 0.629. The molecular formula is C25H30N2O5. The highest BCUT2D eigenvalue weighted by atomic mass is 16.5. The minimum atomic E-state index is -1.19. The number of aromatic amines is 1. The molecule has 32 heavy (non-hydrogen) atoms. The second kappa shape index (κ2) is 7.81. The number of fused-ring (bicyclic) bond motifs is 2. The van der Waals surface area contributed by atoms with Gasteiger partial charge < -0.3 is 19.6 Å². The molecule has 3 aromatic rings. The summed E-state index contributed by atoms with van der Waals surface area (Å²) in [4.78, 5) is 27.8. The summed E-state index contributed by atoms with van der Waals surface area (Å²) in [7, 11) is 1.72. The van der Waals surface area contributed by atoms with Gasteiger partial charge in [-0.25, -0.2) is 9.59 Å². The van der Waals surface area contributed by atoms with Gasteiger partial charge in [-0.1, -0.05) is 6.07 Å². The number of nitrogens with zero attached hydrogens (tertiary/aromatic N) is 1. The van der Waals surface area contributed by atoms with Gasteiger partial charge in [0.05, 0.1) is 23.2 Å². The van der Waals surface area contributed by atoms with Gasteiger partial charge in [0.2, 0.25) is 0 Å². The van der Waals surface area contributed by atoms with E-state index in [1.54, 1.807) is 11.6 Å². The van der Waals surface area contributed by atoms with Gasteiger partial charge in [0.15, 0.2) is 6.10 Å². The lowest BCUT2D eigenvalue weighted by molar-refractivity contribution is -0.160. The molecule has 1 aliphatic rings. The summed E-state index contributed by atoms with van der Waals surface area (Å²) < 4.78 is 13.4. The lowest BCUT2D eigenvalue weighted by atomic mass is 9.86. The number of benzene rings is 2. The molecule has 7 nitrogen and oxygen atoms in total. The molecule has 0 amide bonds. The number of carboxylic acid groups (broad SMARTS) is 1. The zero-order chi connectivity index (χ0) is 23.4. The Morgan fingerprint density at radius 1 is 1.25 bits per heavy atom. The van der Waals surface area contributed by atoms with Crippen LogP contribution in [-0.2, 0) is 23.0 Å². The van der Waals surface area contributed by atoms with E-state index in [-0.39, 0.29) is 5.69 Å². The lowest BCUT2D eigenvalue weighted by Gasteiger charge is -2.29. The minimum Gasteiger partial charge on any atom is -0.493 e. The van der Waals surface area contributed by atoms with Crippen LogP contribution in [0.25, 0.3) is 22.2 Å². The maximum Gasteiger partial charge on any atom is 0.337 e. The van der Waals surface area contributed by atoms with Crippen molar-refractivity contribution in [3.05, 3.63) is 50.9 Å². The Bertz CT molecular complexity index is 1280. The van der Waals surface area contributed by atoms with Crippen molar-refractivity contribution >= 4 is 17.0 Å². The third-order valence-corrected chi connectivity index (χ3v) is 6.04. The first kappa shape index (κ1) is 22.1. The monoisotopic (exact) mass is 438 g/mol. The van der Waals surface area contributed by atoms with E-state index in [1.165, 1.54) is 0 Å². The smallest absolute Gasteiger partial charge is 0.337 e. The number of aliphatic carboxylic acids is 1. The van der Waals surface area contributed by atoms with E-state index in [0.29, 0.717) is 23.3 Å². The summed E-state index contributed by atoms with van der Waals surface area (Å²) >= 11 is 0. The summed E-state index contributed by atoms with van der Waals surface area (Å²) in [6.07, 6.45) is 0.656. The van der Waals surface area contributed by atoms with E-state index in [9.17, 15) is 14.7 Å². The maximum atomic E-state index is 12.5. The molecule has 0 aliphatic carbocycles. The van der Waals surface area contributed by atoms with E-state index in [4.69, 9.17) is 9.47 Å². The number of carboxylic acids is 1. The first-order chi connectivity index (χ1) is 15.0. The molecule has 0 fully saturated rings. The van der Waals surface area contributed by atoms with E-state index < -0.39 is 17.7 Å². The molecule has 1 aliphatic heterocycles. The van der Waals surface area contributed by atoms with Gasteiger partial charge in [0.1, 0.15) is 5.75 Å². The van der Waals surface area contributed by atoms with E-state index >= 15 is 0 Å². The first-order valence-electron chi connectivity index (χ1n) is 10.9. The number of hydrogen-bond acceptors (Lipinski definition) is 4. The van der Waals surface area contributed by atoms with Crippen LogP contribution in [0.2, 0.25) is 0 Å². The Kier molecular flexibility index (Phi) is 5.41. The van der Waals surface area contributed by atoms with Crippen molar-refractivity contribution in [1.82, 2.24) is 9.55 Å². The van der Waals surface area contributed by atoms with Crippen LogP contribution in [0.15, 0.2) is 23.0 Å². The highest BCUT2D eigenvalue weighted by Gasteiger charge is 2.33. The fourth-order valence-electron chi connectivity index (χ4n) is 4.67. The maximum absolute atomic E-state index is 12.5. The van der Waals surface area contributed by atoms with Crippen LogP contribution >= 0.6 is 0 Å². The van der Waals surface area contributed by atoms with Gasteiger partial charge in [-0.05, 0) is 87.4 Å². The van der Waals surface area contributed by atoms with Crippen LogP contribution in [0.3, 0.4) is 0 Å². The summed E-state index contributed by atoms with van der Waals surface area (Å²) in [6.45, 7) is 9.99. The highest BCUT2D eigenvalue weighted by molar-refractivity contribution is 5.95. The van der Waals surface area contributed by atoms with Crippen LogP contribution in [0.4, 0.5) is 0 Å². The molecule has 4 rings (SSSR count). The molecule has 0 radical (unpaired) electrons. The fraction of sp³-hybridized carbons (Fsp3) is 0.440. The molecule has 0 spiro atoms. The van der Waals surface area contributed by atoms with Crippen LogP contribution in [0, 0.1) is 13.8 Å². The molecule has 2 aromatic carbocycles. The van der Waals surface area contributed by atoms with Gasteiger partial charge in [0.25, 0.3) is 0 Å². The molecule has 170 valence electrons. The largest absolute Gasteiger partial charge is 0.493 e. The molecule has 2 N–H and O–H groups in total. The number of nitrogens with one attached hydrogen (secondary N) is 1. The predicted octanol–water partition coefficient (Wildman–Crippen LogP) is 4.42. The van der Waals surface area contributed by atoms with E-state index in [1.807, 2.05) is 46.8 Å². The normalized spacial score (nSPS) is 14.8. The van der Waals surface area contributed by atoms with Crippen LogP contribution in [0.5, 0.6) is 5.75 Å². The zero-order valence-electron chi connectivity index (χ0n) is 19.5. The average molecular weight is 439 g/mol. The van der Waals surface area contributed by atoms with Gasteiger partial charge in [0, 0.05) is 12.6 Å². The third kappa shape index (κ3) is 3.71. The molecule has 7 heteroatoms. The van der Waals surface area contributed by atoms with E-state index in [2.05, 4.69) is 11.1 Å². The summed E-state index contributed by atoms with van der Waals surface area (Å²) in [6, 6.07) is 5.98. The molecule has 1 aromatic heterocycles. The van der Waals surface area contributed by atoms with Gasteiger partial charge in [-0.2, -0.15) is 0 Å². The Labute approximate surface area is 187 Å². The summed E-state index contributed by atoms with van der Waals surface area (Å²) in [5.41, 5.74) is 5.36. The van der Waals surface area contributed by atoms with Crippen molar-refractivity contribution < 1.29 is 19.4 Å². The topological polar surface area (TPSA) is 93.6 Å². The second-order valence-corrected chi connectivity index (χ2v) is 9.47. The Hall–Kier alpha value is -3.06. The standard InChI is InChI=1S/C25H30N2O5/c1-13-19(22(23(28)29)32-25(3,4)5)18(14(2)21-20(13)26-24(30)27(21)6)16-9-10-17-15(12-16)8-7-11-31-17/h9-10,12,22H,7-8,11H2,1-6H3,(H,26,30)(H,28,29). The average Bonchev–Trinajstić information content (AvgIpc) is 3.03. The zero-order valence-corrected chi connectivity index (χ0v) is 19.5. The van der Waals surface area contributed by atoms with Crippen molar-refractivity contribution in [1.29, 1.82) is 0 Å². The van der Waals surface area contributed by atoms with Crippen molar-refractivity contribution in [3.8, 4) is 16.9 Å². The number of carbonyl (C=O) groups is 1. The van der Waals surface area contributed by atoms with Crippen molar-refractivity contribution in [2.45, 2.75) is 59.2 Å². The van der Waals surface area contributed by atoms with Gasteiger partial charge >= 0.3 is 11.7 Å². The molecule has 0 saturated heterocycles. The Morgan fingerprint density at radius 2 is 1.97 bits per heavy atom. The molecule has 0 bridgehead atoms. The second-order valence-electron chi connectivity index (χ2n) is 9.47. The SMILES string of the molecule is Cc1c(C(OC(C)(C)C)C(=O)O)c(-c2ccc3c(c2)CCCO3)c(C)c2c1[nH]c(=O)n2C. The van der Waals surface area contributed by atoms with Crippen molar-refractivity contribution in [2.24, 2.45) is 7.05 Å². The number of imidazole rings is 1. The minimum absolute atomic E-state index is 0.239. The Balaban J connectivity index is 2.09. The predicted molar refractivity (Wildman–Crippen MR) is 123 cm³/mol. The highest BCUT2D eigenvalue weighted by Crippen LogP contribution is 2.42. The van der Waals surface area contributed by atoms with Gasteiger partial charge in [-0.15, -0.1) is 0 Å². The number of H-pyrrole nitrogens is 1. The molecule has 1 atom stereocenters. The van der Waals surface area contributed by atoms with Crippen LogP contribution in [0.1, 0.15) is 55.5 Å². The molecular weight excluding hydrogens is 408 g/mol. The van der Waals surface area contributed by atoms with Gasteiger partial charge in [-0.3, -0.25) is 4.57 Å². The summed E-state index contributed by atoms with van der Waals surface area (Å²) in [5.74, 6) is -0.200. The number of ether oxygens (including phenoxy) is 2. The number of aromatic nitrogens is 2. The van der Waals surface area contributed by atoms with Crippen molar-refractivity contribution in [2.75, 3.05) is 6.61 Å².